The van der Waals surface area contributed by atoms with Gasteiger partial charge in [0, 0.05) is 25.6 Å². The number of ether oxygens (including phenoxy) is 1. The molecule has 2 amide bonds. The van der Waals surface area contributed by atoms with E-state index in [1.165, 1.54) is 12.1 Å². The third kappa shape index (κ3) is 4.16. The van der Waals surface area contributed by atoms with Gasteiger partial charge in [-0.1, -0.05) is 18.2 Å². The molecule has 0 N–H and O–H groups in total. The summed E-state index contributed by atoms with van der Waals surface area (Å²) in [5.74, 6) is 0.629. The van der Waals surface area contributed by atoms with Gasteiger partial charge in [-0.05, 0) is 73.1 Å². The molecule has 1 saturated heterocycles. The van der Waals surface area contributed by atoms with Gasteiger partial charge < -0.3 is 14.5 Å². The van der Waals surface area contributed by atoms with Crippen LogP contribution in [-0.4, -0.2) is 47.9 Å². The van der Waals surface area contributed by atoms with Crippen molar-refractivity contribution in [1.82, 2.24) is 9.80 Å². The van der Waals surface area contributed by atoms with Crippen molar-refractivity contribution in [2.75, 3.05) is 26.2 Å². The third-order valence-electron chi connectivity index (χ3n) is 6.56. The fourth-order valence-corrected chi connectivity index (χ4v) is 4.69. The molecule has 2 fully saturated rings. The second-order valence-electron chi connectivity index (χ2n) is 8.75. The van der Waals surface area contributed by atoms with Crippen molar-refractivity contribution < 1.29 is 18.7 Å². The Balaban J connectivity index is 1.43. The summed E-state index contributed by atoms with van der Waals surface area (Å²) in [5.41, 5.74) is 3.05. The number of amides is 2. The summed E-state index contributed by atoms with van der Waals surface area (Å²) < 4.78 is 19.4. The topological polar surface area (TPSA) is 49.9 Å². The Morgan fingerprint density at radius 3 is 2.45 bits per heavy atom. The molecule has 162 valence electrons. The molecule has 5 rings (SSSR count). The monoisotopic (exact) mass is 422 g/mol. The Kier molecular flexibility index (Phi) is 5.38. The maximum atomic E-state index is 13.6. The first-order chi connectivity index (χ1) is 15.1. The summed E-state index contributed by atoms with van der Waals surface area (Å²) in [5, 5.41) is 0. The Labute approximate surface area is 181 Å². The lowest BCUT2D eigenvalue weighted by molar-refractivity contribution is -0.134. The number of halogens is 1. The zero-order valence-corrected chi connectivity index (χ0v) is 17.6. The van der Waals surface area contributed by atoms with E-state index >= 15 is 0 Å². The maximum Gasteiger partial charge on any atom is 0.260 e. The molecule has 1 atom stereocenters. The van der Waals surface area contributed by atoms with Crippen LogP contribution in [-0.2, 0) is 16.0 Å². The molecule has 6 heteroatoms. The van der Waals surface area contributed by atoms with Gasteiger partial charge >= 0.3 is 0 Å². The van der Waals surface area contributed by atoms with Crippen molar-refractivity contribution in [3.63, 3.8) is 0 Å². The van der Waals surface area contributed by atoms with Gasteiger partial charge in [-0.3, -0.25) is 9.59 Å². The number of benzene rings is 2. The molecule has 0 spiro atoms. The lowest BCUT2D eigenvalue weighted by atomic mass is 9.87. The van der Waals surface area contributed by atoms with E-state index in [4.69, 9.17) is 4.74 Å². The molecular formula is C25H27FN2O3. The lowest BCUT2D eigenvalue weighted by Gasteiger charge is -2.38. The van der Waals surface area contributed by atoms with E-state index < -0.39 is 0 Å². The van der Waals surface area contributed by atoms with Gasteiger partial charge in [0.1, 0.15) is 11.6 Å². The highest BCUT2D eigenvalue weighted by atomic mass is 19.1. The quantitative estimate of drug-likeness (QED) is 0.738. The van der Waals surface area contributed by atoms with Crippen LogP contribution in [0, 0.1) is 11.7 Å². The first-order valence-corrected chi connectivity index (χ1v) is 11.2. The largest absolute Gasteiger partial charge is 0.484 e. The number of nitrogens with zero attached hydrogens (tertiary/aromatic N) is 2. The molecule has 31 heavy (non-hydrogen) atoms. The average molecular weight is 423 g/mol. The van der Waals surface area contributed by atoms with Crippen LogP contribution in [0.1, 0.15) is 48.4 Å². The SMILES string of the molecule is O=C(COc1ccc2c(c1)C(c1ccc(F)cc1)N(C(=O)C1CC1)CC2)N1CCCC1. The first-order valence-electron chi connectivity index (χ1n) is 11.2. The Morgan fingerprint density at radius 2 is 1.74 bits per heavy atom. The van der Waals surface area contributed by atoms with Crippen molar-refractivity contribution >= 4 is 11.8 Å². The molecule has 2 heterocycles. The van der Waals surface area contributed by atoms with E-state index in [-0.39, 0.29) is 36.2 Å². The van der Waals surface area contributed by atoms with E-state index in [0.717, 1.165) is 61.9 Å². The van der Waals surface area contributed by atoms with Crippen molar-refractivity contribution in [3.05, 3.63) is 65.0 Å². The predicted molar refractivity (Wildman–Crippen MR) is 114 cm³/mol. The number of hydrogen-bond acceptors (Lipinski definition) is 3. The van der Waals surface area contributed by atoms with Crippen LogP contribution in [0.5, 0.6) is 5.75 Å². The molecule has 2 aromatic carbocycles. The molecule has 0 aromatic heterocycles. The minimum atomic E-state index is -0.294. The van der Waals surface area contributed by atoms with Crippen LogP contribution < -0.4 is 4.74 Å². The second kappa shape index (κ2) is 8.33. The number of carbonyl (C=O) groups excluding carboxylic acids is 2. The van der Waals surface area contributed by atoms with E-state index in [1.807, 2.05) is 28.0 Å². The highest BCUT2D eigenvalue weighted by molar-refractivity contribution is 5.82. The van der Waals surface area contributed by atoms with Gasteiger partial charge in [0.15, 0.2) is 6.61 Å². The zero-order valence-electron chi connectivity index (χ0n) is 17.6. The van der Waals surface area contributed by atoms with Crippen molar-refractivity contribution in [2.24, 2.45) is 5.92 Å². The lowest BCUT2D eigenvalue weighted by Crippen LogP contribution is -2.41. The molecule has 1 unspecified atom stereocenters. The van der Waals surface area contributed by atoms with E-state index in [1.54, 1.807) is 12.1 Å². The fourth-order valence-electron chi connectivity index (χ4n) is 4.69. The highest BCUT2D eigenvalue weighted by Crippen LogP contribution is 2.41. The number of rotatable bonds is 5. The van der Waals surface area contributed by atoms with Gasteiger partial charge in [-0.15, -0.1) is 0 Å². The van der Waals surface area contributed by atoms with Crippen LogP contribution in [0.15, 0.2) is 42.5 Å². The highest BCUT2D eigenvalue weighted by Gasteiger charge is 2.39. The van der Waals surface area contributed by atoms with Crippen molar-refractivity contribution in [2.45, 2.75) is 38.1 Å². The molecule has 0 bridgehead atoms. The minimum Gasteiger partial charge on any atom is -0.484 e. The summed E-state index contributed by atoms with van der Waals surface area (Å²) >= 11 is 0. The summed E-state index contributed by atoms with van der Waals surface area (Å²) in [7, 11) is 0. The molecule has 2 aromatic rings. The van der Waals surface area contributed by atoms with Crippen molar-refractivity contribution in [3.8, 4) is 5.75 Å². The molecule has 1 aliphatic carbocycles. The van der Waals surface area contributed by atoms with Crippen LogP contribution in [0.4, 0.5) is 4.39 Å². The minimum absolute atomic E-state index is 0.0100. The van der Waals surface area contributed by atoms with Gasteiger partial charge in [0.05, 0.1) is 6.04 Å². The zero-order chi connectivity index (χ0) is 21.4. The van der Waals surface area contributed by atoms with E-state index in [2.05, 4.69) is 0 Å². The number of fused-ring (bicyclic) bond motifs is 1. The van der Waals surface area contributed by atoms with Gasteiger partial charge in [0.25, 0.3) is 5.91 Å². The predicted octanol–water partition coefficient (Wildman–Crippen LogP) is 3.71. The summed E-state index contributed by atoms with van der Waals surface area (Å²) in [6, 6.07) is 12.0. The summed E-state index contributed by atoms with van der Waals surface area (Å²) in [6.45, 7) is 2.28. The summed E-state index contributed by atoms with van der Waals surface area (Å²) in [6.07, 6.45) is 4.77. The first kappa shape index (κ1) is 20.0. The number of likely N-dealkylation sites (tertiary alicyclic amines) is 1. The number of hydrogen-bond donors (Lipinski definition) is 0. The molecule has 1 saturated carbocycles. The molecule has 2 aliphatic heterocycles. The second-order valence-corrected chi connectivity index (χ2v) is 8.75. The van der Waals surface area contributed by atoms with Crippen LogP contribution in [0.3, 0.4) is 0 Å². The Bertz CT molecular complexity index is 981. The van der Waals surface area contributed by atoms with Crippen LogP contribution >= 0.6 is 0 Å². The van der Waals surface area contributed by atoms with Crippen LogP contribution in [0.25, 0.3) is 0 Å². The van der Waals surface area contributed by atoms with Crippen molar-refractivity contribution in [1.29, 1.82) is 0 Å². The third-order valence-corrected chi connectivity index (χ3v) is 6.56. The summed E-state index contributed by atoms with van der Waals surface area (Å²) in [4.78, 5) is 29.2. The van der Waals surface area contributed by atoms with Gasteiger partial charge in [-0.2, -0.15) is 0 Å². The smallest absolute Gasteiger partial charge is 0.260 e. The molecular weight excluding hydrogens is 395 g/mol. The molecule has 0 radical (unpaired) electrons. The normalized spacial score (nSPS) is 20.5. The molecule has 3 aliphatic rings. The van der Waals surface area contributed by atoms with E-state index in [9.17, 15) is 14.0 Å². The fraction of sp³-hybridized carbons (Fsp3) is 0.440. The average Bonchev–Trinajstić information content (AvgIpc) is 3.50. The molecule has 5 nitrogen and oxygen atoms in total. The Hall–Kier alpha value is -2.89. The standard InChI is InChI=1S/C25H27FN2O3/c26-20-8-5-18(6-9-20)24-22-15-21(31-16-23(29)27-12-1-2-13-27)10-7-17(22)11-14-28(24)25(30)19-3-4-19/h5-10,15,19,24H,1-4,11-14,16H2. The van der Waals surface area contributed by atoms with Gasteiger partial charge in [-0.25, -0.2) is 4.39 Å². The number of carbonyl (C=O) groups is 2. The van der Waals surface area contributed by atoms with Crippen LogP contribution in [0.2, 0.25) is 0 Å². The maximum absolute atomic E-state index is 13.6. The van der Waals surface area contributed by atoms with Gasteiger partial charge in [0.2, 0.25) is 5.91 Å². The Morgan fingerprint density at radius 1 is 1.00 bits per heavy atom. The van der Waals surface area contributed by atoms with E-state index in [0.29, 0.717) is 12.3 Å².